The van der Waals surface area contributed by atoms with Crippen LogP contribution in [0.3, 0.4) is 0 Å². The number of carbonyl (C=O) groups excluding carboxylic acids is 2. The van der Waals surface area contributed by atoms with E-state index in [1.54, 1.807) is 19.1 Å². The lowest BCUT2D eigenvalue weighted by Crippen LogP contribution is -2.24. The van der Waals surface area contributed by atoms with E-state index in [1.165, 1.54) is 33.2 Å². The highest BCUT2D eigenvalue weighted by Gasteiger charge is 2.22. The second-order valence-corrected chi connectivity index (χ2v) is 9.56. The topological polar surface area (TPSA) is 114 Å². The number of Topliss-reactive ketones (excluding diaryl/α,β-unsaturated/α-hetero) is 1. The summed E-state index contributed by atoms with van der Waals surface area (Å²) in [6.45, 7) is 4.97. The van der Waals surface area contributed by atoms with E-state index in [9.17, 15) is 18.0 Å². The van der Waals surface area contributed by atoms with Gasteiger partial charge in [-0.2, -0.15) is 0 Å². The third-order valence-corrected chi connectivity index (χ3v) is 6.82. The van der Waals surface area contributed by atoms with Gasteiger partial charge in [-0.05, 0) is 50.1 Å². The van der Waals surface area contributed by atoms with E-state index in [0.29, 0.717) is 28.4 Å². The third kappa shape index (κ3) is 4.64. The van der Waals surface area contributed by atoms with Crippen molar-refractivity contribution >= 4 is 33.1 Å². The van der Waals surface area contributed by atoms with Gasteiger partial charge in [-0.25, -0.2) is 12.7 Å². The van der Waals surface area contributed by atoms with Gasteiger partial charge in [-0.3, -0.25) is 9.59 Å². The summed E-state index contributed by atoms with van der Waals surface area (Å²) in [5.41, 5.74) is 2.77. The molecule has 1 aliphatic heterocycles. The van der Waals surface area contributed by atoms with Crippen molar-refractivity contribution in [2.75, 3.05) is 38.1 Å². The third-order valence-electron chi connectivity index (χ3n) is 5.02. The summed E-state index contributed by atoms with van der Waals surface area (Å²) in [5.74, 6) is 0.265. The number of hydrogen-bond acceptors (Lipinski definition) is 7. The summed E-state index contributed by atoms with van der Waals surface area (Å²) in [6.07, 6.45) is 0. The van der Waals surface area contributed by atoms with E-state index in [0.717, 1.165) is 15.4 Å². The van der Waals surface area contributed by atoms with Crippen molar-refractivity contribution < 1.29 is 27.5 Å². The van der Waals surface area contributed by atoms with Crippen molar-refractivity contribution in [2.45, 2.75) is 25.7 Å². The van der Waals surface area contributed by atoms with Crippen LogP contribution in [-0.2, 0) is 14.8 Å². The number of aryl methyl sites for hydroxylation is 1. The Morgan fingerprint density at radius 1 is 1.03 bits per heavy atom. The predicted octanol–water partition coefficient (Wildman–Crippen LogP) is 2.54. The lowest BCUT2D eigenvalue weighted by molar-refractivity contribution is -0.114. The Bertz CT molecular complexity index is 1160. The van der Waals surface area contributed by atoms with E-state index in [4.69, 9.17) is 9.47 Å². The number of nitrogens with zero attached hydrogens (tertiary/aromatic N) is 1. The molecule has 3 rings (SSSR count). The van der Waals surface area contributed by atoms with Gasteiger partial charge in [0.05, 0.1) is 17.1 Å². The van der Waals surface area contributed by atoms with Crippen LogP contribution in [0.25, 0.3) is 0 Å². The molecule has 1 aliphatic rings. The zero-order valence-corrected chi connectivity index (χ0v) is 18.8. The van der Waals surface area contributed by atoms with Crippen molar-refractivity contribution in [2.24, 2.45) is 0 Å². The van der Waals surface area contributed by atoms with Crippen LogP contribution in [0.5, 0.6) is 11.5 Å². The molecule has 10 heteroatoms. The molecule has 0 unspecified atom stereocenters. The highest BCUT2D eigenvalue weighted by Crippen LogP contribution is 2.37. The van der Waals surface area contributed by atoms with E-state index >= 15 is 0 Å². The van der Waals surface area contributed by atoms with Crippen LogP contribution in [0, 0.1) is 13.8 Å². The second kappa shape index (κ2) is 8.56. The number of rotatable bonds is 7. The number of benzene rings is 2. The molecule has 0 spiro atoms. The van der Waals surface area contributed by atoms with Crippen LogP contribution in [-0.4, -0.2) is 51.8 Å². The van der Waals surface area contributed by atoms with Gasteiger partial charge in [0.2, 0.25) is 22.7 Å². The van der Waals surface area contributed by atoms with Crippen molar-refractivity contribution in [1.82, 2.24) is 4.31 Å². The minimum atomic E-state index is -3.62. The van der Waals surface area contributed by atoms with Gasteiger partial charge in [0.25, 0.3) is 0 Å². The van der Waals surface area contributed by atoms with Crippen LogP contribution in [0.2, 0.25) is 0 Å². The zero-order chi connectivity index (χ0) is 22.9. The molecule has 2 N–H and O–H groups in total. The highest BCUT2D eigenvalue weighted by molar-refractivity contribution is 7.89. The van der Waals surface area contributed by atoms with Gasteiger partial charge in [0.15, 0.2) is 17.3 Å². The van der Waals surface area contributed by atoms with Crippen LogP contribution in [0.1, 0.15) is 28.4 Å². The zero-order valence-electron chi connectivity index (χ0n) is 18.0. The van der Waals surface area contributed by atoms with Crippen LogP contribution >= 0.6 is 0 Å². The molecule has 0 saturated heterocycles. The number of hydrogen-bond donors (Lipinski definition) is 2. The van der Waals surface area contributed by atoms with Crippen molar-refractivity contribution in [3.63, 3.8) is 0 Å². The van der Waals surface area contributed by atoms with E-state index < -0.39 is 15.9 Å². The molecule has 9 nitrogen and oxygen atoms in total. The SMILES string of the molecule is CC(=O)c1cc2c(cc1NC(=O)CNc1cc(S(=O)(=O)N(C)C)cc(C)c1C)OCO2. The van der Waals surface area contributed by atoms with Crippen LogP contribution in [0.15, 0.2) is 29.2 Å². The van der Waals surface area contributed by atoms with Gasteiger partial charge in [0.1, 0.15) is 0 Å². The molecule has 0 atom stereocenters. The van der Waals surface area contributed by atoms with Gasteiger partial charge < -0.3 is 20.1 Å². The summed E-state index contributed by atoms with van der Waals surface area (Å²) in [5, 5.41) is 5.70. The first-order valence-corrected chi connectivity index (χ1v) is 11.0. The normalized spacial score (nSPS) is 12.7. The van der Waals surface area contributed by atoms with E-state index in [1.807, 2.05) is 6.92 Å². The van der Waals surface area contributed by atoms with Gasteiger partial charge in [-0.15, -0.1) is 0 Å². The summed E-state index contributed by atoms with van der Waals surface area (Å²) in [4.78, 5) is 24.7. The number of fused-ring (bicyclic) bond motifs is 1. The summed E-state index contributed by atoms with van der Waals surface area (Å²) < 4.78 is 36.7. The van der Waals surface area contributed by atoms with Gasteiger partial charge in [0, 0.05) is 31.4 Å². The fourth-order valence-corrected chi connectivity index (χ4v) is 4.09. The highest BCUT2D eigenvalue weighted by atomic mass is 32.2. The largest absolute Gasteiger partial charge is 0.454 e. The van der Waals surface area contributed by atoms with Crippen molar-refractivity contribution in [3.8, 4) is 11.5 Å². The number of sulfonamides is 1. The minimum Gasteiger partial charge on any atom is -0.454 e. The summed E-state index contributed by atoms with van der Waals surface area (Å²) in [6, 6.07) is 6.20. The molecular weight excluding hydrogens is 422 g/mol. The van der Waals surface area contributed by atoms with E-state index in [-0.39, 0.29) is 24.0 Å². The molecule has 0 aromatic heterocycles. The minimum absolute atomic E-state index is 0.0520. The number of nitrogens with one attached hydrogen (secondary N) is 2. The Labute approximate surface area is 181 Å². The maximum absolute atomic E-state index is 12.6. The lowest BCUT2D eigenvalue weighted by atomic mass is 10.1. The second-order valence-electron chi connectivity index (χ2n) is 7.41. The Morgan fingerprint density at radius 3 is 2.29 bits per heavy atom. The molecular formula is C21H25N3O6S. The molecule has 0 saturated carbocycles. The molecule has 166 valence electrons. The van der Waals surface area contributed by atoms with E-state index in [2.05, 4.69) is 10.6 Å². The first kappa shape index (κ1) is 22.6. The number of anilines is 2. The Balaban J connectivity index is 1.79. The molecule has 1 amide bonds. The smallest absolute Gasteiger partial charge is 0.243 e. The Morgan fingerprint density at radius 2 is 1.68 bits per heavy atom. The average molecular weight is 448 g/mol. The van der Waals surface area contributed by atoms with Gasteiger partial charge in [-0.1, -0.05) is 0 Å². The summed E-state index contributed by atoms with van der Waals surface area (Å²) in [7, 11) is -0.695. The molecule has 0 aliphatic carbocycles. The monoisotopic (exact) mass is 447 g/mol. The van der Waals surface area contributed by atoms with Crippen LogP contribution in [0.4, 0.5) is 11.4 Å². The standard InChI is InChI=1S/C21H25N3O6S/c1-12-6-15(31(27,28)24(4)5)7-17(13(12)2)22-10-21(26)23-18-9-20-19(29-11-30-20)8-16(18)14(3)25/h6-9,22H,10-11H2,1-5H3,(H,23,26). The van der Waals surface area contributed by atoms with Crippen molar-refractivity contribution in [3.05, 3.63) is 41.0 Å². The number of carbonyl (C=O) groups is 2. The maximum Gasteiger partial charge on any atom is 0.243 e. The molecule has 0 radical (unpaired) electrons. The fraction of sp³-hybridized carbons (Fsp3) is 0.333. The Hall–Kier alpha value is -3.11. The molecule has 2 aromatic rings. The summed E-state index contributed by atoms with van der Waals surface area (Å²) >= 11 is 0. The Kier molecular flexibility index (Phi) is 6.23. The van der Waals surface area contributed by atoms with Gasteiger partial charge >= 0.3 is 0 Å². The lowest BCUT2D eigenvalue weighted by Gasteiger charge is -2.17. The predicted molar refractivity (Wildman–Crippen MR) is 116 cm³/mol. The average Bonchev–Trinajstić information content (AvgIpc) is 3.15. The fourth-order valence-electron chi connectivity index (χ4n) is 3.08. The number of ether oxygens (including phenoxy) is 2. The number of amides is 1. The number of ketones is 1. The quantitative estimate of drug-likeness (QED) is 0.627. The molecule has 31 heavy (non-hydrogen) atoms. The first-order chi connectivity index (χ1) is 14.5. The molecule has 2 aromatic carbocycles. The maximum atomic E-state index is 12.6. The first-order valence-electron chi connectivity index (χ1n) is 9.52. The molecule has 1 heterocycles. The van der Waals surface area contributed by atoms with Crippen molar-refractivity contribution in [1.29, 1.82) is 0 Å². The molecule has 0 bridgehead atoms. The van der Waals surface area contributed by atoms with Crippen LogP contribution < -0.4 is 20.1 Å². The molecule has 0 fully saturated rings.